The lowest BCUT2D eigenvalue weighted by atomic mass is 10.2. The SMILES string of the molecule is CC(C)CN(C1CCCC1)S(=O)(=O)CC1CCCN1. The van der Waals surface area contributed by atoms with Gasteiger partial charge in [-0.05, 0) is 38.1 Å². The van der Waals surface area contributed by atoms with Gasteiger partial charge in [-0.25, -0.2) is 8.42 Å². The smallest absolute Gasteiger partial charge is 0.215 e. The summed E-state index contributed by atoms with van der Waals surface area (Å²) in [7, 11) is -3.11. The van der Waals surface area contributed by atoms with Gasteiger partial charge in [0.05, 0.1) is 5.75 Å². The zero-order valence-corrected chi connectivity index (χ0v) is 13.1. The van der Waals surface area contributed by atoms with E-state index < -0.39 is 10.0 Å². The zero-order chi connectivity index (χ0) is 13.9. The maximum Gasteiger partial charge on any atom is 0.215 e. The summed E-state index contributed by atoms with van der Waals surface area (Å²) in [5.41, 5.74) is 0. The van der Waals surface area contributed by atoms with Crippen LogP contribution in [0, 0.1) is 5.92 Å². The van der Waals surface area contributed by atoms with Gasteiger partial charge in [0.1, 0.15) is 0 Å². The molecule has 5 heteroatoms. The van der Waals surface area contributed by atoms with Crippen LogP contribution in [0.25, 0.3) is 0 Å². The van der Waals surface area contributed by atoms with Crippen LogP contribution < -0.4 is 5.32 Å². The summed E-state index contributed by atoms with van der Waals surface area (Å²) in [6.45, 7) is 5.85. The highest BCUT2D eigenvalue weighted by atomic mass is 32.2. The number of hydrogen-bond acceptors (Lipinski definition) is 3. The van der Waals surface area contributed by atoms with Crippen molar-refractivity contribution in [3.63, 3.8) is 0 Å². The lowest BCUT2D eigenvalue weighted by molar-refractivity contribution is 0.291. The van der Waals surface area contributed by atoms with Crippen LogP contribution in [-0.2, 0) is 10.0 Å². The van der Waals surface area contributed by atoms with E-state index in [1.54, 1.807) is 0 Å². The van der Waals surface area contributed by atoms with E-state index in [4.69, 9.17) is 0 Å². The van der Waals surface area contributed by atoms with Gasteiger partial charge in [-0.3, -0.25) is 0 Å². The van der Waals surface area contributed by atoms with E-state index in [0.29, 0.717) is 12.5 Å². The Bertz CT molecular complexity index is 369. The van der Waals surface area contributed by atoms with E-state index in [1.807, 2.05) is 4.31 Å². The molecule has 4 nitrogen and oxygen atoms in total. The Morgan fingerprint density at radius 2 is 1.84 bits per heavy atom. The molecule has 1 heterocycles. The first-order valence-electron chi connectivity index (χ1n) is 7.72. The number of nitrogens with zero attached hydrogens (tertiary/aromatic N) is 1. The third kappa shape index (κ3) is 4.17. The van der Waals surface area contributed by atoms with Crippen LogP contribution in [-0.4, -0.2) is 43.6 Å². The monoisotopic (exact) mass is 288 g/mol. The van der Waals surface area contributed by atoms with E-state index in [0.717, 1.165) is 32.2 Å². The first-order chi connectivity index (χ1) is 8.99. The van der Waals surface area contributed by atoms with Crippen molar-refractivity contribution in [3.8, 4) is 0 Å². The van der Waals surface area contributed by atoms with E-state index >= 15 is 0 Å². The molecule has 1 atom stereocenters. The van der Waals surface area contributed by atoms with Gasteiger partial charge in [-0.2, -0.15) is 4.31 Å². The minimum Gasteiger partial charge on any atom is -0.313 e. The largest absolute Gasteiger partial charge is 0.313 e. The van der Waals surface area contributed by atoms with E-state index in [9.17, 15) is 8.42 Å². The Labute approximate surface area is 118 Å². The van der Waals surface area contributed by atoms with Crippen molar-refractivity contribution in [2.75, 3.05) is 18.8 Å². The van der Waals surface area contributed by atoms with Crippen molar-refractivity contribution in [3.05, 3.63) is 0 Å². The summed E-state index contributed by atoms with van der Waals surface area (Å²) in [6.07, 6.45) is 6.55. The Kier molecular flexibility index (Phi) is 5.26. The maximum atomic E-state index is 12.7. The molecule has 1 N–H and O–H groups in total. The number of sulfonamides is 1. The highest BCUT2D eigenvalue weighted by Gasteiger charge is 2.34. The third-order valence-corrected chi connectivity index (χ3v) is 6.19. The van der Waals surface area contributed by atoms with Crippen LogP contribution in [0.1, 0.15) is 52.4 Å². The fraction of sp³-hybridized carbons (Fsp3) is 1.00. The summed E-state index contributed by atoms with van der Waals surface area (Å²) in [5.74, 6) is 0.683. The summed E-state index contributed by atoms with van der Waals surface area (Å²) in [5, 5.41) is 3.31. The second-order valence-corrected chi connectivity index (χ2v) is 8.44. The normalized spacial score (nSPS) is 25.8. The lowest BCUT2D eigenvalue weighted by Gasteiger charge is -2.30. The van der Waals surface area contributed by atoms with Gasteiger partial charge in [0.25, 0.3) is 0 Å². The van der Waals surface area contributed by atoms with Crippen molar-refractivity contribution in [1.29, 1.82) is 0 Å². The van der Waals surface area contributed by atoms with E-state index in [1.165, 1.54) is 12.8 Å². The molecule has 0 amide bonds. The van der Waals surface area contributed by atoms with Gasteiger partial charge >= 0.3 is 0 Å². The van der Waals surface area contributed by atoms with Crippen LogP contribution >= 0.6 is 0 Å². The minimum absolute atomic E-state index is 0.168. The summed E-state index contributed by atoms with van der Waals surface area (Å²) >= 11 is 0. The van der Waals surface area contributed by atoms with Gasteiger partial charge in [0.15, 0.2) is 0 Å². The quantitative estimate of drug-likeness (QED) is 0.813. The molecule has 0 radical (unpaired) electrons. The first-order valence-corrected chi connectivity index (χ1v) is 9.33. The van der Waals surface area contributed by atoms with Crippen LogP contribution in [0.2, 0.25) is 0 Å². The minimum atomic E-state index is -3.11. The summed E-state index contributed by atoms with van der Waals surface area (Å²) < 4.78 is 27.2. The molecule has 2 fully saturated rings. The second-order valence-electron chi connectivity index (χ2n) is 6.47. The van der Waals surface area contributed by atoms with Gasteiger partial charge in [-0.15, -0.1) is 0 Å². The van der Waals surface area contributed by atoms with Crippen molar-refractivity contribution in [2.24, 2.45) is 5.92 Å². The standard InChI is InChI=1S/C14H28N2O2S/c1-12(2)10-16(14-7-3-4-8-14)19(17,18)11-13-6-5-9-15-13/h12-15H,3-11H2,1-2H3. The number of hydrogen-bond donors (Lipinski definition) is 1. The molecule has 1 saturated carbocycles. The molecule has 0 aromatic rings. The molecule has 2 rings (SSSR count). The molecule has 1 unspecified atom stereocenters. The van der Waals surface area contributed by atoms with Crippen LogP contribution in [0.15, 0.2) is 0 Å². The molecular weight excluding hydrogens is 260 g/mol. The first kappa shape index (κ1) is 15.3. The van der Waals surface area contributed by atoms with Crippen molar-refractivity contribution in [2.45, 2.75) is 64.5 Å². The zero-order valence-electron chi connectivity index (χ0n) is 12.3. The van der Waals surface area contributed by atoms with Crippen molar-refractivity contribution >= 4 is 10.0 Å². The van der Waals surface area contributed by atoms with Gasteiger partial charge in [0, 0.05) is 18.6 Å². The van der Waals surface area contributed by atoms with Gasteiger partial charge in [0.2, 0.25) is 10.0 Å². The predicted molar refractivity (Wildman–Crippen MR) is 78.6 cm³/mol. The molecular formula is C14H28N2O2S. The maximum absolute atomic E-state index is 12.7. The predicted octanol–water partition coefficient (Wildman–Crippen LogP) is 1.97. The molecule has 112 valence electrons. The fourth-order valence-corrected chi connectivity index (χ4v) is 5.47. The molecule has 0 aromatic carbocycles. The number of rotatable bonds is 6. The van der Waals surface area contributed by atoms with Gasteiger partial charge < -0.3 is 5.32 Å². The molecule has 0 spiro atoms. The second kappa shape index (κ2) is 6.55. The van der Waals surface area contributed by atoms with Crippen LogP contribution in [0.3, 0.4) is 0 Å². The Morgan fingerprint density at radius 3 is 2.37 bits per heavy atom. The van der Waals surface area contributed by atoms with Crippen LogP contribution in [0.4, 0.5) is 0 Å². The lowest BCUT2D eigenvalue weighted by Crippen LogP contribution is -2.45. The van der Waals surface area contributed by atoms with E-state index in [2.05, 4.69) is 19.2 Å². The molecule has 1 aliphatic heterocycles. The Hall–Kier alpha value is -0.130. The Morgan fingerprint density at radius 1 is 1.16 bits per heavy atom. The Balaban J connectivity index is 2.05. The third-order valence-electron chi connectivity index (χ3n) is 4.21. The molecule has 1 aliphatic carbocycles. The highest BCUT2D eigenvalue weighted by Crippen LogP contribution is 2.27. The molecule has 1 saturated heterocycles. The van der Waals surface area contributed by atoms with E-state index in [-0.39, 0.29) is 17.8 Å². The average molecular weight is 288 g/mol. The molecule has 2 aliphatic rings. The summed E-state index contributed by atoms with van der Waals surface area (Å²) in [4.78, 5) is 0. The van der Waals surface area contributed by atoms with Gasteiger partial charge in [-0.1, -0.05) is 26.7 Å². The fourth-order valence-electron chi connectivity index (χ4n) is 3.29. The average Bonchev–Trinajstić information content (AvgIpc) is 2.96. The topological polar surface area (TPSA) is 49.4 Å². The summed E-state index contributed by atoms with van der Waals surface area (Å²) in [6, 6.07) is 0.426. The molecule has 0 aromatic heterocycles. The van der Waals surface area contributed by atoms with Crippen molar-refractivity contribution < 1.29 is 8.42 Å². The highest BCUT2D eigenvalue weighted by molar-refractivity contribution is 7.89. The molecule has 0 bridgehead atoms. The molecule has 19 heavy (non-hydrogen) atoms. The van der Waals surface area contributed by atoms with Crippen LogP contribution in [0.5, 0.6) is 0 Å². The van der Waals surface area contributed by atoms with Crippen molar-refractivity contribution in [1.82, 2.24) is 9.62 Å². The number of nitrogens with one attached hydrogen (secondary N) is 1.